The molecule has 1 fully saturated rings. The van der Waals surface area contributed by atoms with Gasteiger partial charge in [0, 0.05) is 12.5 Å². The normalized spacial score (nSPS) is 33.1. The molecule has 0 aromatic heterocycles. The van der Waals surface area contributed by atoms with Crippen molar-refractivity contribution in [2.45, 2.75) is 56.3 Å². The third-order valence-electron chi connectivity index (χ3n) is 6.42. The first-order chi connectivity index (χ1) is 12.6. The number of nitrogens with zero attached hydrogens (tertiary/aromatic N) is 2. The standard InChI is InChI=1S/C19H22F3N3O2/c1-25-15(27)19(24-16(25)23)14-8-11(9-18(20,21)22)2-3-12(14)10-17(19)6-4-13(26)5-7-17/h2-3,8,13,26H,4-7,9-10H2,1H3,(H2,23,24). The Labute approximate surface area is 155 Å². The van der Waals surface area contributed by atoms with Crippen molar-refractivity contribution in [3.63, 3.8) is 0 Å². The molecule has 1 heterocycles. The Hall–Kier alpha value is -2.09. The molecule has 4 rings (SSSR count). The highest BCUT2D eigenvalue weighted by Gasteiger charge is 2.66. The van der Waals surface area contributed by atoms with Gasteiger partial charge in [0.1, 0.15) is 0 Å². The summed E-state index contributed by atoms with van der Waals surface area (Å²) < 4.78 is 38.7. The molecular formula is C19H22F3N3O2. The topological polar surface area (TPSA) is 78.9 Å². The predicted octanol–water partition coefficient (Wildman–Crippen LogP) is 2.25. The number of alkyl halides is 3. The number of aliphatic hydroxyl groups is 1. The molecule has 1 unspecified atom stereocenters. The van der Waals surface area contributed by atoms with Gasteiger partial charge in [0.2, 0.25) is 0 Å². The first-order valence-corrected chi connectivity index (χ1v) is 9.09. The van der Waals surface area contributed by atoms with Crippen molar-refractivity contribution < 1.29 is 23.1 Å². The number of carbonyl (C=O) groups excluding carboxylic acids is 1. The molecule has 0 saturated heterocycles. The minimum absolute atomic E-state index is 0.0829. The van der Waals surface area contributed by atoms with Gasteiger partial charge in [-0.15, -0.1) is 0 Å². The average Bonchev–Trinajstić information content (AvgIpc) is 2.98. The van der Waals surface area contributed by atoms with E-state index >= 15 is 0 Å². The molecule has 1 atom stereocenters. The number of rotatable bonds is 1. The maximum Gasteiger partial charge on any atom is 0.393 e. The highest BCUT2D eigenvalue weighted by Crippen LogP contribution is 2.61. The van der Waals surface area contributed by atoms with Crippen LogP contribution in [0.1, 0.15) is 42.4 Å². The molecule has 1 saturated carbocycles. The molecule has 2 aliphatic carbocycles. The van der Waals surface area contributed by atoms with Gasteiger partial charge in [0.05, 0.1) is 12.5 Å². The van der Waals surface area contributed by atoms with Gasteiger partial charge in [-0.1, -0.05) is 18.2 Å². The Balaban J connectivity index is 1.87. The molecule has 2 spiro atoms. The summed E-state index contributed by atoms with van der Waals surface area (Å²) in [4.78, 5) is 19.2. The molecule has 5 nitrogen and oxygen atoms in total. The average molecular weight is 381 g/mol. The second-order valence-electron chi connectivity index (χ2n) is 8.02. The predicted molar refractivity (Wildman–Crippen MR) is 92.9 cm³/mol. The van der Waals surface area contributed by atoms with E-state index in [1.807, 2.05) is 0 Å². The van der Waals surface area contributed by atoms with Crippen LogP contribution in [0.5, 0.6) is 0 Å². The van der Waals surface area contributed by atoms with Crippen molar-refractivity contribution in [3.8, 4) is 0 Å². The molecule has 8 heteroatoms. The van der Waals surface area contributed by atoms with Crippen LogP contribution in [0.4, 0.5) is 13.2 Å². The second-order valence-corrected chi connectivity index (χ2v) is 8.02. The number of carbonyl (C=O) groups is 1. The summed E-state index contributed by atoms with van der Waals surface area (Å²) in [5, 5.41) is 9.96. The first kappa shape index (κ1) is 18.3. The Morgan fingerprint density at radius 2 is 2.00 bits per heavy atom. The SMILES string of the molecule is CN1C(=O)C2(N=C1N)c1cc(CC(F)(F)F)ccc1CC21CCC(O)CC1. The van der Waals surface area contributed by atoms with Crippen molar-refractivity contribution in [3.05, 3.63) is 34.9 Å². The number of nitrogens with two attached hydrogens (primary N) is 1. The van der Waals surface area contributed by atoms with Crippen LogP contribution in [0.25, 0.3) is 0 Å². The minimum Gasteiger partial charge on any atom is -0.393 e. The van der Waals surface area contributed by atoms with E-state index in [1.54, 1.807) is 13.1 Å². The van der Waals surface area contributed by atoms with Crippen molar-refractivity contribution in [1.29, 1.82) is 0 Å². The molecule has 1 aromatic carbocycles. The smallest absolute Gasteiger partial charge is 0.393 e. The van der Waals surface area contributed by atoms with Crippen LogP contribution < -0.4 is 5.73 Å². The van der Waals surface area contributed by atoms with Gasteiger partial charge in [0.15, 0.2) is 11.5 Å². The molecule has 3 aliphatic rings. The monoisotopic (exact) mass is 381 g/mol. The van der Waals surface area contributed by atoms with Crippen LogP contribution in [0, 0.1) is 5.41 Å². The van der Waals surface area contributed by atoms with E-state index in [4.69, 9.17) is 5.73 Å². The first-order valence-electron chi connectivity index (χ1n) is 9.09. The molecule has 146 valence electrons. The van der Waals surface area contributed by atoms with Gasteiger partial charge < -0.3 is 10.8 Å². The number of hydrogen-bond donors (Lipinski definition) is 2. The molecule has 0 radical (unpaired) electrons. The Morgan fingerprint density at radius 1 is 1.33 bits per heavy atom. The van der Waals surface area contributed by atoms with Crippen molar-refractivity contribution >= 4 is 11.9 Å². The van der Waals surface area contributed by atoms with Gasteiger partial charge in [-0.25, -0.2) is 4.99 Å². The largest absolute Gasteiger partial charge is 0.393 e. The number of amides is 1. The minimum atomic E-state index is -4.33. The molecule has 27 heavy (non-hydrogen) atoms. The van der Waals surface area contributed by atoms with Crippen LogP contribution in [-0.2, 0) is 23.2 Å². The lowest BCUT2D eigenvalue weighted by atomic mass is 9.61. The number of likely N-dealkylation sites (N-methyl/N-ethyl adjacent to an activating group) is 1. The summed E-state index contributed by atoms with van der Waals surface area (Å²) in [6.45, 7) is 0. The van der Waals surface area contributed by atoms with Gasteiger partial charge in [-0.3, -0.25) is 9.69 Å². The van der Waals surface area contributed by atoms with Gasteiger partial charge >= 0.3 is 6.18 Å². The molecule has 1 amide bonds. The van der Waals surface area contributed by atoms with Crippen LogP contribution in [-0.4, -0.2) is 41.2 Å². The van der Waals surface area contributed by atoms with Gasteiger partial charge in [0.25, 0.3) is 5.91 Å². The molecule has 1 aromatic rings. The van der Waals surface area contributed by atoms with Gasteiger partial charge in [-0.2, -0.15) is 13.2 Å². The number of aliphatic hydroxyl groups excluding tert-OH is 1. The Kier molecular flexibility index (Phi) is 3.86. The number of hydrogen-bond acceptors (Lipinski definition) is 4. The quantitative estimate of drug-likeness (QED) is 0.783. The fourth-order valence-electron chi connectivity index (χ4n) is 5.09. The fourth-order valence-corrected chi connectivity index (χ4v) is 5.09. The lowest BCUT2D eigenvalue weighted by molar-refractivity contribution is -0.137. The Bertz CT molecular complexity index is 828. The van der Waals surface area contributed by atoms with Crippen LogP contribution in [0.3, 0.4) is 0 Å². The molecule has 0 bridgehead atoms. The zero-order chi connectivity index (χ0) is 19.6. The summed E-state index contributed by atoms with van der Waals surface area (Å²) in [7, 11) is 1.54. The molecular weight excluding hydrogens is 359 g/mol. The Morgan fingerprint density at radius 3 is 2.56 bits per heavy atom. The number of halogens is 3. The number of guanidine groups is 1. The maximum absolute atomic E-state index is 13.3. The summed E-state index contributed by atoms with van der Waals surface area (Å²) in [5.74, 6) is -0.209. The van der Waals surface area contributed by atoms with Crippen molar-refractivity contribution in [2.24, 2.45) is 16.1 Å². The van der Waals surface area contributed by atoms with Crippen LogP contribution >= 0.6 is 0 Å². The lowest BCUT2D eigenvalue weighted by Crippen LogP contribution is -2.51. The zero-order valence-corrected chi connectivity index (χ0v) is 15.0. The van der Waals surface area contributed by atoms with Crippen molar-refractivity contribution in [2.75, 3.05) is 7.05 Å². The molecule has 1 aliphatic heterocycles. The second kappa shape index (κ2) is 5.70. The van der Waals surface area contributed by atoms with E-state index in [0.717, 1.165) is 5.56 Å². The van der Waals surface area contributed by atoms with Crippen molar-refractivity contribution in [1.82, 2.24) is 4.90 Å². The van der Waals surface area contributed by atoms with Gasteiger partial charge in [-0.05, 0) is 48.8 Å². The lowest BCUT2D eigenvalue weighted by Gasteiger charge is -2.44. The summed E-state index contributed by atoms with van der Waals surface area (Å²) >= 11 is 0. The summed E-state index contributed by atoms with van der Waals surface area (Å²) in [5.41, 5.74) is 5.62. The van der Waals surface area contributed by atoms with E-state index < -0.39 is 29.7 Å². The highest BCUT2D eigenvalue weighted by atomic mass is 19.4. The third kappa shape index (κ3) is 2.56. The fraction of sp³-hybridized carbons (Fsp3) is 0.579. The van der Waals surface area contributed by atoms with E-state index in [9.17, 15) is 23.1 Å². The van der Waals surface area contributed by atoms with Crippen LogP contribution in [0.2, 0.25) is 0 Å². The summed E-state index contributed by atoms with van der Waals surface area (Å²) in [6, 6.07) is 4.65. The van der Waals surface area contributed by atoms with E-state index in [2.05, 4.69) is 4.99 Å². The van der Waals surface area contributed by atoms with E-state index in [1.165, 1.54) is 17.0 Å². The van der Waals surface area contributed by atoms with E-state index in [0.29, 0.717) is 37.7 Å². The number of fused-ring (bicyclic) bond motifs is 3. The van der Waals surface area contributed by atoms with Crippen LogP contribution in [0.15, 0.2) is 23.2 Å². The maximum atomic E-state index is 13.3. The van der Waals surface area contributed by atoms with E-state index in [-0.39, 0.29) is 17.4 Å². The number of benzene rings is 1. The number of aliphatic imine (C=N–C) groups is 1. The summed E-state index contributed by atoms with van der Waals surface area (Å²) in [6.07, 6.45) is -3.02. The zero-order valence-electron chi connectivity index (χ0n) is 15.0. The third-order valence-corrected chi connectivity index (χ3v) is 6.42. The highest BCUT2D eigenvalue weighted by molar-refractivity contribution is 6.08. The molecule has 3 N–H and O–H groups in total.